The van der Waals surface area contributed by atoms with Crippen molar-refractivity contribution in [1.82, 2.24) is 0 Å². The predicted octanol–water partition coefficient (Wildman–Crippen LogP) is 11.9. The van der Waals surface area contributed by atoms with Gasteiger partial charge in [0.15, 0.2) is 30.9 Å². The number of aliphatic hydroxyl groups is 3. The van der Waals surface area contributed by atoms with Crippen molar-refractivity contribution in [3.63, 3.8) is 0 Å². The number of hydrogen-bond donors (Lipinski definition) is 3. The number of halogens is 1. The first-order chi connectivity index (χ1) is 33.2. The highest BCUT2D eigenvalue weighted by Gasteiger charge is 2.51. The van der Waals surface area contributed by atoms with E-state index in [1.165, 1.54) is 123 Å². The fraction of sp³-hybridized carbons (Fsp3) is 0.926. The van der Waals surface area contributed by atoms with Crippen molar-refractivity contribution in [3.8, 4) is 0 Å². The Kier molecular flexibility index (Phi) is 43.5. The quantitative estimate of drug-likeness (QED) is 0.0230. The smallest absolute Gasteiger partial charge is 0.306 e. The molecule has 2 aliphatic heterocycles. The van der Waals surface area contributed by atoms with Gasteiger partial charge in [0.25, 0.3) is 0 Å². The van der Waals surface area contributed by atoms with E-state index in [1.807, 2.05) is 0 Å². The van der Waals surface area contributed by atoms with Crippen LogP contribution in [-0.4, -0.2) is 114 Å². The molecule has 10 atom stereocenters. The first-order valence-electron chi connectivity index (χ1n) is 27.4. The van der Waals surface area contributed by atoms with Crippen LogP contribution in [0.4, 0.5) is 0 Å². The van der Waals surface area contributed by atoms with Gasteiger partial charge < -0.3 is 48.5 Å². The van der Waals surface area contributed by atoms with Crippen molar-refractivity contribution < 1.29 is 67.7 Å². The zero-order valence-corrected chi connectivity index (χ0v) is 45.4. The minimum Gasteiger partial charge on any atom is -0.455 e. The summed E-state index contributed by atoms with van der Waals surface area (Å²) in [7, 11) is 2.84. The van der Waals surface area contributed by atoms with Crippen molar-refractivity contribution in [1.29, 1.82) is 0 Å². The molecule has 15 heteroatoms. The van der Waals surface area contributed by atoms with Gasteiger partial charge >= 0.3 is 17.9 Å². The van der Waals surface area contributed by atoms with Gasteiger partial charge in [0.05, 0.1) is 12.2 Å². The molecule has 2 aliphatic rings. The lowest BCUT2D eigenvalue weighted by Crippen LogP contribution is -2.61. The van der Waals surface area contributed by atoms with Crippen LogP contribution in [-0.2, 0) is 52.3 Å². The largest absolute Gasteiger partial charge is 0.455 e. The fourth-order valence-electron chi connectivity index (χ4n) is 8.33. The van der Waals surface area contributed by atoms with Crippen LogP contribution in [0, 0.1) is 0 Å². The summed E-state index contributed by atoms with van der Waals surface area (Å²) >= 11 is 5.20. The standard InChI is InChI=1S/C37H68O8.C10H19ClO.C7H14O5/c1-6-9-12-15-18-21-24-27-31(38)43-34-30(4)42-37(41-5)36(45-33(40)29-26-23-20-17-14-11-8-3)35(34)44-32(39)28-25-22-19-16-13-10-7-2;1-2-3-4-5-6-7-8-9-10(11)12;1-3-4(8)5(9)6(10)7(11-2)12-3/h30,34-37H,6-29H2,1-5H3;2-9H2,1H3;3-10H,1-2H3. The van der Waals surface area contributed by atoms with E-state index < -0.39 is 73.4 Å². The predicted molar refractivity (Wildman–Crippen MR) is 272 cm³/mol. The molecule has 0 aromatic rings. The van der Waals surface area contributed by atoms with Crippen LogP contribution in [0.5, 0.6) is 0 Å². The van der Waals surface area contributed by atoms with E-state index in [0.29, 0.717) is 6.42 Å². The lowest BCUT2D eigenvalue weighted by molar-refractivity contribution is -0.295. The van der Waals surface area contributed by atoms with Gasteiger partial charge in [-0.25, -0.2) is 0 Å². The molecule has 0 amide bonds. The van der Waals surface area contributed by atoms with Crippen LogP contribution in [0.15, 0.2) is 0 Å². The molecule has 2 saturated heterocycles. The van der Waals surface area contributed by atoms with Gasteiger partial charge in [-0.15, -0.1) is 0 Å². The number of carbonyl (C=O) groups is 4. The third-order valence-electron chi connectivity index (χ3n) is 12.7. The highest BCUT2D eigenvalue weighted by atomic mass is 35.5. The van der Waals surface area contributed by atoms with Crippen LogP contribution in [0.25, 0.3) is 0 Å². The molecule has 2 heterocycles. The van der Waals surface area contributed by atoms with Gasteiger partial charge in [0, 0.05) is 39.9 Å². The normalized spacial score (nSPS) is 24.3. The minimum absolute atomic E-state index is 0.191. The Morgan fingerprint density at radius 2 is 0.696 bits per heavy atom. The Morgan fingerprint density at radius 3 is 1.04 bits per heavy atom. The van der Waals surface area contributed by atoms with E-state index in [9.17, 15) is 34.5 Å². The third-order valence-corrected chi connectivity index (χ3v) is 12.9. The maximum atomic E-state index is 13.1. The first kappa shape index (κ1) is 67.1. The van der Waals surface area contributed by atoms with E-state index in [-0.39, 0.29) is 30.5 Å². The van der Waals surface area contributed by atoms with E-state index in [4.69, 9.17) is 44.8 Å². The van der Waals surface area contributed by atoms with Gasteiger partial charge in [-0.3, -0.25) is 19.2 Å². The van der Waals surface area contributed by atoms with Gasteiger partial charge in [-0.2, -0.15) is 0 Å². The molecule has 14 nitrogen and oxygen atoms in total. The molecular formula is C54H101ClO14. The van der Waals surface area contributed by atoms with E-state index in [0.717, 1.165) is 70.6 Å². The zero-order valence-electron chi connectivity index (χ0n) is 44.6. The second kappa shape index (κ2) is 44.8. The van der Waals surface area contributed by atoms with Crippen LogP contribution in [0.2, 0.25) is 0 Å². The number of unbranched alkanes of at least 4 members (excludes halogenated alkanes) is 24. The molecule has 2 fully saturated rings. The number of esters is 3. The summed E-state index contributed by atoms with van der Waals surface area (Å²) in [4.78, 5) is 49.3. The highest BCUT2D eigenvalue weighted by Crippen LogP contribution is 2.30. The van der Waals surface area contributed by atoms with Crippen LogP contribution in [0.1, 0.15) is 247 Å². The van der Waals surface area contributed by atoms with Crippen LogP contribution in [0.3, 0.4) is 0 Å². The summed E-state index contributed by atoms with van der Waals surface area (Å²) < 4.78 is 39.1. The van der Waals surface area contributed by atoms with Crippen molar-refractivity contribution in [2.24, 2.45) is 0 Å². The number of ether oxygens (including phenoxy) is 7. The summed E-state index contributed by atoms with van der Waals surface area (Å²) in [6, 6.07) is 0. The monoisotopic (exact) mass is 1010 g/mol. The zero-order chi connectivity index (χ0) is 51.7. The molecule has 0 radical (unpaired) electrons. The molecule has 69 heavy (non-hydrogen) atoms. The van der Waals surface area contributed by atoms with Gasteiger partial charge in [-0.05, 0) is 51.1 Å². The molecule has 0 aromatic carbocycles. The van der Waals surface area contributed by atoms with Crippen LogP contribution >= 0.6 is 11.6 Å². The molecule has 0 spiro atoms. The number of hydrogen-bond acceptors (Lipinski definition) is 14. The summed E-state index contributed by atoms with van der Waals surface area (Å²) in [6.45, 7) is 12.2. The molecule has 0 aromatic heterocycles. The Bertz CT molecular complexity index is 1250. The molecule has 0 saturated carbocycles. The molecule has 10 unspecified atom stereocenters. The third kappa shape index (κ3) is 33.4. The first-order valence-corrected chi connectivity index (χ1v) is 27.8. The topological polar surface area (TPSA) is 194 Å². The number of carbonyl (C=O) groups excluding carboxylic acids is 4. The molecule has 3 N–H and O–H groups in total. The van der Waals surface area contributed by atoms with Crippen LogP contribution < -0.4 is 0 Å². The second-order valence-corrected chi connectivity index (χ2v) is 19.5. The minimum atomic E-state index is -1.21. The maximum absolute atomic E-state index is 13.1. The average Bonchev–Trinajstić information content (AvgIpc) is 3.33. The summed E-state index contributed by atoms with van der Waals surface area (Å²) in [6.07, 6.45) is 23.5. The summed E-state index contributed by atoms with van der Waals surface area (Å²) in [5.74, 6) is -1.14. The Hall–Kier alpha value is -1.91. The number of aliphatic hydroxyl groups excluding tert-OH is 3. The number of methoxy groups -OCH3 is 2. The SMILES string of the molecule is CCCCCCCCCC(=O)Cl.CCCCCCCCCC(=O)OC1C(C)OC(OC)C(OC(=O)CCCCCCCCC)C1OC(=O)CCCCCCCCC.COC1OC(C)C(O)C(O)C1O. The summed E-state index contributed by atoms with van der Waals surface area (Å²) in [5.41, 5.74) is 0. The molecule has 0 aliphatic carbocycles. The fourth-order valence-corrected chi connectivity index (χ4v) is 8.46. The second-order valence-electron chi connectivity index (χ2n) is 19.1. The van der Waals surface area contributed by atoms with E-state index in [1.54, 1.807) is 13.8 Å². The summed E-state index contributed by atoms with van der Waals surface area (Å²) in [5, 5.41) is 27.6. The van der Waals surface area contributed by atoms with Crippen molar-refractivity contribution >= 4 is 34.8 Å². The lowest BCUT2D eigenvalue weighted by atomic mass is 9.98. The maximum Gasteiger partial charge on any atom is 0.306 e. The number of rotatable bonds is 37. The Balaban J connectivity index is 0.00000155. The van der Waals surface area contributed by atoms with Gasteiger partial charge in [0.2, 0.25) is 5.24 Å². The molecule has 2 rings (SSSR count). The van der Waals surface area contributed by atoms with E-state index >= 15 is 0 Å². The molecule has 0 bridgehead atoms. The Labute approximate surface area is 423 Å². The van der Waals surface area contributed by atoms with Crippen molar-refractivity contribution in [2.75, 3.05) is 14.2 Å². The lowest BCUT2D eigenvalue weighted by Gasteiger charge is -2.43. The van der Waals surface area contributed by atoms with Gasteiger partial charge in [-0.1, -0.05) is 182 Å². The van der Waals surface area contributed by atoms with Crippen molar-refractivity contribution in [2.45, 2.75) is 308 Å². The van der Waals surface area contributed by atoms with E-state index in [2.05, 4.69) is 27.7 Å². The van der Waals surface area contributed by atoms with Crippen molar-refractivity contribution in [3.05, 3.63) is 0 Å². The molecule has 408 valence electrons. The highest BCUT2D eigenvalue weighted by molar-refractivity contribution is 6.63. The average molecular weight is 1010 g/mol. The molecular weight excluding hydrogens is 908 g/mol. The Morgan fingerprint density at radius 1 is 0.391 bits per heavy atom. The van der Waals surface area contributed by atoms with Gasteiger partial charge in [0.1, 0.15) is 18.3 Å².